The van der Waals surface area contributed by atoms with E-state index in [-0.39, 0.29) is 10.8 Å². The smallest absolute Gasteiger partial charge is 0.0468 e. The van der Waals surface area contributed by atoms with Crippen LogP contribution in [0.1, 0.15) is 61.1 Å². The van der Waals surface area contributed by atoms with Crippen LogP contribution in [0.4, 0.5) is 34.1 Å². The van der Waals surface area contributed by atoms with Gasteiger partial charge in [0.1, 0.15) is 0 Å². The fraction of sp³-hybridized carbons (Fsp3) is 0.0833. The van der Waals surface area contributed by atoms with Gasteiger partial charge in [-0.25, -0.2) is 0 Å². The molecular weight excluding hydrogens is 893 g/mol. The Morgan fingerprint density at radius 1 is 0.243 bits per heavy atom. The van der Waals surface area contributed by atoms with E-state index in [2.05, 4.69) is 292 Å². The van der Waals surface area contributed by atoms with E-state index in [1.165, 1.54) is 98.7 Å². The number of anilines is 6. The Morgan fingerprint density at radius 2 is 0.486 bits per heavy atom. The largest absolute Gasteiger partial charge is 0.310 e. The first-order valence-electron chi connectivity index (χ1n) is 26.0. The van der Waals surface area contributed by atoms with Gasteiger partial charge in [0.05, 0.1) is 0 Å². The van der Waals surface area contributed by atoms with Gasteiger partial charge in [-0.2, -0.15) is 0 Å². The average molecular weight is 947 g/mol. The highest BCUT2D eigenvalue weighted by Gasteiger charge is 2.38. The van der Waals surface area contributed by atoms with Crippen LogP contribution in [0.15, 0.2) is 243 Å². The predicted octanol–water partition coefficient (Wildman–Crippen LogP) is 20.0. The molecule has 0 saturated carbocycles. The second kappa shape index (κ2) is 16.8. The number of hydrogen-bond acceptors (Lipinski definition) is 2. The Hall–Kier alpha value is -8.98. The summed E-state index contributed by atoms with van der Waals surface area (Å²) in [5.74, 6) is 0. The molecule has 0 fully saturated rings. The fourth-order valence-corrected chi connectivity index (χ4v) is 12.3. The number of rotatable bonds is 8. The number of hydrogen-bond donors (Lipinski definition) is 0. The Labute approximate surface area is 433 Å². The third-order valence-corrected chi connectivity index (χ3v) is 16.3. The minimum absolute atomic E-state index is 0.205. The lowest BCUT2D eigenvalue weighted by Gasteiger charge is -2.28. The molecule has 14 rings (SSSR count). The van der Waals surface area contributed by atoms with Gasteiger partial charge in [-0.1, -0.05) is 210 Å². The molecule has 12 aromatic carbocycles. The van der Waals surface area contributed by atoms with E-state index in [1.807, 2.05) is 0 Å². The SMILES string of the molecule is CC1(C)c2cc(C=Cc3ccc4c(c3)C(C)(C)c3cc(N(c5ccc6ccccc6c5)c5ccc6ccccc6c5)ccc3-4)ccc2-c2ccc(N(c3ccc4ccccc4c3)c3ccc4ccccc4c3)cc21. The first-order valence-corrected chi connectivity index (χ1v) is 26.0. The van der Waals surface area contributed by atoms with Crippen molar-refractivity contribution in [3.63, 3.8) is 0 Å². The summed E-state index contributed by atoms with van der Waals surface area (Å²) in [4.78, 5) is 4.85. The molecular formula is C72H54N2. The van der Waals surface area contributed by atoms with Crippen LogP contribution in [0.2, 0.25) is 0 Å². The third-order valence-electron chi connectivity index (χ3n) is 16.3. The van der Waals surface area contributed by atoms with Crippen LogP contribution < -0.4 is 9.80 Å². The van der Waals surface area contributed by atoms with Crippen molar-refractivity contribution in [2.45, 2.75) is 38.5 Å². The summed E-state index contributed by atoms with van der Waals surface area (Å²) in [5, 5.41) is 9.87. The van der Waals surface area contributed by atoms with Crippen LogP contribution in [-0.2, 0) is 10.8 Å². The van der Waals surface area contributed by atoms with Crippen LogP contribution >= 0.6 is 0 Å². The Balaban J connectivity index is 0.774. The summed E-state index contributed by atoms with van der Waals surface area (Å²) in [6.07, 6.45) is 4.60. The Kier molecular flexibility index (Phi) is 9.94. The highest BCUT2D eigenvalue weighted by Crippen LogP contribution is 2.53. The van der Waals surface area contributed by atoms with Crippen molar-refractivity contribution < 1.29 is 0 Å². The molecule has 0 amide bonds. The van der Waals surface area contributed by atoms with Gasteiger partial charge in [0.15, 0.2) is 0 Å². The summed E-state index contributed by atoms with van der Waals surface area (Å²) in [6.45, 7) is 9.55. The summed E-state index contributed by atoms with van der Waals surface area (Å²) in [5.41, 5.74) is 19.5. The summed E-state index contributed by atoms with van der Waals surface area (Å²) >= 11 is 0. The molecule has 74 heavy (non-hydrogen) atoms. The van der Waals surface area contributed by atoms with E-state index in [1.54, 1.807) is 0 Å². The molecule has 0 aliphatic heterocycles. The van der Waals surface area contributed by atoms with Gasteiger partial charge in [0.2, 0.25) is 0 Å². The number of benzene rings is 12. The normalized spacial score (nSPS) is 13.8. The van der Waals surface area contributed by atoms with Crippen LogP contribution in [-0.4, -0.2) is 0 Å². The molecule has 12 aromatic rings. The number of nitrogens with zero attached hydrogens (tertiary/aromatic N) is 2. The molecule has 2 heteroatoms. The van der Waals surface area contributed by atoms with Crippen molar-refractivity contribution in [1.29, 1.82) is 0 Å². The van der Waals surface area contributed by atoms with Crippen LogP contribution in [0.25, 0.3) is 77.5 Å². The van der Waals surface area contributed by atoms with Crippen molar-refractivity contribution in [1.82, 2.24) is 0 Å². The van der Waals surface area contributed by atoms with Crippen molar-refractivity contribution in [2.75, 3.05) is 9.80 Å². The molecule has 0 heterocycles. The zero-order valence-electron chi connectivity index (χ0n) is 42.1. The standard InChI is InChI=1S/C72H54N2/c1-71(2)67-39-47(23-35-63(67)65-37-33-61(45-69(65)71)73(57-29-25-49-13-5-9-17-53(49)41-57)58-30-26-50-14-6-10-18-54(50)42-58)21-22-48-24-36-64-66-38-34-62(46-70(66)72(3,4)68(64)40-48)74(59-31-27-51-15-7-11-19-55(51)43-59)60-32-28-52-16-8-12-20-56(52)44-60/h5-46H,1-4H3. The zero-order valence-corrected chi connectivity index (χ0v) is 42.1. The van der Waals surface area contributed by atoms with Crippen molar-refractivity contribution >= 4 is 89.4 Å². The van der Waals surface area contributed by atoms with Crippen molar-refractivity contribution in [3.05, 3.63) is 276 Å². The average Bonchev–Trinajstić information content (AvgIpc) is 3.80. The van der Waals surface area contributed by atoms with Gasteiger partial charge in [0.25, 0.3) is 0 Å². The summed E-state index contributed by atoms with van der Waals surface area (Å²) < 4.78 is 0. The summed E-state index contributed by atoms with van der Waals surface area (Å²) in [7, 11) is 0. The minimum Gasteiger partial charge on any atom is -0.310 e. The second-order valence-electron chi connectivity index (χ2n) is 21.4. The molecule has 2 nitrogen and oxygen atoms in total. The van der Waals surface area contributed by atoms with Gasteiger partial charge in [-0.15, -0.1) is 0 Å². The molecule has 0 N–H and O–H groups in total. The molecule has 0 bridgehead atoms. The maximum atomic E-state index is 2.44. The van der Waals surface area contributed by atoms with Crippen molar-refractivity contribution in [3.8, 4) is 22.3 Å². The lowest BCUT2D eigenvalue weighted by atomic mass is 9.81. The first-order chi connectivity index (χ1) is 36.1. The van der Waals surface area contributed by atoms with Crippen LogP contribution in [0.5, 0.6) is 0 Å². The predicted molar refractivity (Wildman–Crippen MR) is 316 cm³/mol. The topological polar surface area (TPSA) is 6.48 Å². The van der Waals surface area contributed by atoms with Crippen molar-refractivity contribution in [2.24, 2.45) is 0 Å². The van der Waals surface area contributed by atoms with Gasteiger partial charge < -0.3 is 9.80 Å². The molecule has 2 aliphatic carbocycles. The van der Waals surface area contributed by atoms with Gasteiger partial charge >= 0.3 is 0 Å². The lowest BCUT2D eigenvalue weighted by Crippen LogP contribution is -2.17. The van der Waals surface area contributed by atoms with E-state index in [0.717, 1.165) is 34.1 Å². The highest BCUT2D eigenvalue weighted by atomic mass is 15.1. The molecule has 0 atom stereocenters. The van der Waals surface area contributed by atoms with Crippen LogP contribution in [0.3, 0.4) is 0 Å². The summed E-state index contributed by atoms with van der Waals surface area (Å²) in [6, 6.07) is 90.1. The van der Waals surface area contributed by atoms with Crippen LogP contribution in [0, 0.1) is 0 Å². The van der Waals surface area contributed by atoms with E-state index in [4.69, 9.17) is 0 Å². The van der Waals surface area contributed by atoms with E-state index < -0.39 is 0 Å². The van der Waals surface area contributed by atoms with E-state index in [0.29, 0.717) is 0 Å². The maximum Gasteiger partial charge on any atom is 0.0468 e. The lowest BCUT2D eigenvalue weighted by molar-refractivity contribution is 0.660. The zero-order chi connectivity index (χ0) is 49.7. The Bertz CT molecular complexity index is 3850. The number of fused-ring (bicyclic) bond motifs is 10. The monoisotopic (exact) mass is 946 g/mol. The fourth-order valence-electron chi connectivity index (χ4n) is 12.3. The quantitative estimate of drug-likeness (QED) is 0.140. The molecule has 0 spiro atoms. The molecule has 2 aliphatic rings. The van der Waals surface area contributed by atoms with Gasteiger partial charge in [-0.05, 0) is 172 Å². The molecule has 0 radical (unpaired) electrons. The third kappa shape index (κ3) is 7.16. The second-order valence-corrected chi connectivity index (χ2v) is 21.4. The molecule has 0 saturated heterocycles. The molecule has 352 valence electrons. The molecule has 0 aromatic heterocycles. The van der Waals surface area contributed by atoms with E-state index >= 15 is 0 Å². The minimum atomic E-state index is -0.205. The Morgan fingerprint density at radius 3 is 0.797 bits per heavy atom. The maximum absolute atomic E-state index is 2.44. The first kappa shape index (κ1) is 43.8. The van der Waals surface area contributed by atoms with E-state index in [9.17, 15) is 0 Å². The van der Waals surface area contributed by atoms with Gasteiger partial charge in [0, 0.05) is 45.0 Å². The highest BCUT2D eigenvalue weighted by molar-refractivity contribution is 5.96. The van der Waals surface area contributed by atoms with Gasteiger partial charge in [-0.3, -0.25) is 0 Å². The molecule has 0 unspecified atom stereocenters.